The molecule has 1 aliphatic rings. The summed E-state index contributed by atoms with van der Waals surface area (Å²) >= 11 is 1.46. The summed E-state index contributed by atoms with van der Waals surface area (Å²) in [6.45, 7) is 4.09. The smallest absolute Gasteiger partial charge is 0.306 e. The molecule has 0 saturated heterocycles. The van der Waals surface area contributed by atoms with Gasteiger partial charge >= 0.3 is 5.97 Å². The number of ether oxygens (including phenoxy) is 1. The molecule has 1 aliphatic carbocycles. The number of thiophene rings is 1. The molecule has 1 saturated carbocycles. The fourth-order valence-corrected chi connectivity index (χ4v) is 3.82. The lowest BCUT2D eigenvalue weighted by atomic mass is 10.1. The van der Waals surface area contributed by atoms with E-state index in [0.29, 0.717) is 30.1 Å². The predicted molar refractivity (Wildman–Crippen MR) is 103 cm³/mol. The Morgan fingerprint density at radius 3 is 2.74 bits per heavy atom. The molecule has 0 spiro atoms. The van der Waals surface area contributed by atoms with Crippen LogP contribution in [0.4, 0.5) is 0 Å². The minimum atomic E-state index is -0.427. The normalized spacial score (nSPS) is 13.4. The van der Waals surface area contributed by atoms with Crippen LogP contribution in [0.1, 0.15) is 63.8 Å². The molecule has 27 heavy (non-hydrogen) atoms. The number of Topliss-reactive ketones (excluding diaryl/α,β-unsaturated/α-hetero) is 1. The fraction of sp³-hybridized carbons (Fsp3) is 0.450. The Hall–Kier alpha value is -2.41. The number of nitrogens with zero attached hydrogens (tertiary/aromatic N) is 1. The van der Waals surface area contributed by atoms with Gasteiger partial charge in [-0.15, -0.1) is 0 Å². The average Bonchev–Trinajstić information content (AvgIpc) is 3.21. The molecule has 0 aliphatic heterocycles. The number of ketones is 1. The van der Waals surface area contributed by atoms with E-state index in [0.717, 1.165) is 24.2 Å². The van der Waals surface area contributed by atoms with Gasteiger partial charge in [-0.1, -0.05) is 0 Å². The lowest BCUT2D eigenvalue weighted by molar-refractivity contribution is -0.142. The first-order valence-corrected chi connectivity index (χ1v) is 10.1. The van der Waals surface area contributed by atoms with Crippen LogP contribution >= 0.6 is 11.3 Å². The molecule has 1 fully saturated rings. The molecule has 2 heterocycles. The van der Waals surface area contributed by atoms with Crippen molar-refractivity contribution in [2.24, 2.45) is 0 Å². The molecule has 3 rings (SSSR count). The monoisotopic (exact) mass is 388 g/mol. The molecule has 0 bridgehead atoms. The maximum absolute atomic E-state index is 12.4. The third-order valence-electron chi connectivity index (χ3n) is 4.69. The van der Waals surface area contributed by atoms with Gasteiger partial charge < -0.3 is 14.6 Å². The number of carbonyl (C=O) groups excluding carboxylic acids is 3. The Morgan fingerprint density at radius 1 is 1.30 bits per heavy atom. The van der Waals surface area contributed by atoms with Gasteiger partial charge in [0.15, 0.2) is 6.61 Å². The van der Waals surface area contributed by atoms with Gasteiger partial charge in [-0.3, -0.25) is 14.4 Å². The van der Waals surface area contributed by atoms with Gasteiger partial charge in [0, 0.05) is 46.9 Å². The molecular formula is C20H24N2O4S. The molecule has 2 aromatic heterocycles. The number of aromatic nitrogens is 1. The maximum Gasteiger partial charge on any atom is 0.306 e. The third kappa shape index (κ3) is 4.86. The zero-order valence-corrected chi connectivity index (χ0v) is 16.4. The fourth-order valence-electron chi connectivity index (χ4n) is 3.18. The van der Waals surface area contributed by atoms with E-state index in [1.54, 1.807) is 11.4 Å². The van der Waals surface area contributed by atoms with Crippen molar-refractivity contribution in [3.63, 3.8) is 0 Å². The van der Waals surface area contributed by atoms with Crippen LogP contribution in [0, 0.1) is 13.8 Å². The summed E-state index contributed by atoms with van der Waals surface area (Å²) in [7, 11) is 0. The van der Waals surface area contributed by atoms with Crippen molar-refractivity contribution in [1.82, 2.24) is 9.88 Å². The third-order valence-corrected chi connectivity index (χ3v) is 5.37. The molecular weight excluding hydrogens is 364 g/mol. The van der Waals surface area contributed by atoms with Crippen LogP contribution in [0.5, 0.6) is 0 Å². The minimum absolute atomic E-state index is 0.147. The lowest BCUT2D eigenvalue weighted by Crippen LogP contribution is -2.24. The number of hydrogen-bond acceptors (Lipinski definition) is 5. The molecule has 0 unspecified atom stereocenters. The van der Waals surface area contributed by atoms with Gasteiger partial charge in [0.05, 0.1) is 0 Å². The summed E-state index contributed by atoms with van der Waals surface area (Å²) in [4.78, 5) is 36.0. The zero-order valence-electron chi connectivity index (χ0n) is 15.6. The Bertz CT molecular complexity index is 835. The molecule has 1 N–H and O–H groups in total. The zero-order chi connectivity index (χ0) is 19.4. The Morgan fingerprint density at radius 2 is 2.07 bits per heavy atom. The van der Waals surface area contributed by atoms with Crippen LogP contribution in [-0.2, 0) is 9.53 Å². The number of aryl methyl sites for hydroxylation is 1. The number of nitrogens with one attached hydrogen (secondary N) is 1. The van der Waals surface area contributed by atoms with Crippen molar-refractivity contribution in [3.05, 3.63) is 45.4 Å². The Balaban J connectivity index is 1.38. The Labute approximate surface area is 162 Å². The molecule has 144 valence electrons. The SMILES string of the molecule is Cc1cc(C(=O)COC(=O)CCCNC(=O)c2ccsc2)c(C)n1C1CC1. The van der Waals surface area contributed by atoms with E-state index in [-0.39, 0.29) is 24.7 Å². The van der Waals surface area contributed by atoms with Crippen molar-refractivity contribution in [3.8, 4) is 0 Å². The van der Waals surface area contributed by atoms with Crippen LogP contribution in [0.25, 0.3) is 0 Å². The van der Waals surface area contributed by atoms with Crippen LogP contribution < -0.4 is 5.32 Å². The first-order valence-electron chi connectivity index (χ1n) is 9.15. The van der Waals surface area contributed by atoms with Gasteiger partial charge in [-0.2, -0.15) is 11.3 Å². The Kier molecular flexibility index (Phi) is 6.11. The van der Waals surface area contributed by atoms with Crippen molar-refractivity contribution < 1.29 is 19.1 Å². The summed E-state index contributed by atoms with van der Waals surface area (Å²) in [5.74, 6) is -0.746. The molecule has 7 heteroatoms. The highest BCUT2D eigenvalue weighted by Gasteiger charge is 2.28. The van der Waals surface area contributed by atoms with Crippen LogP contribution in [0.15, 0.2) is 22.9 Å². The van der Waals surface area contributed by atoms with Gasteiger partial charge in [0.25, 0.3) is 5.91 Å². The second-order valence-electron chi connectivity index (χ2n) is 6.84. The standard InChI is InChI=1S/C20H24N2O4S/c1-13-10-17(14(2)22(13)16-5-6-16)18(23)11-26-19(24)4-3-8-21-20(25)15-7-9-27-12-15/h7,9-10,12,16H,3-6,8,11H2,1-2H3,(H,21,25). The van der Waals surface area contributed by atoms with Crippen LogP contribution in [0.3, 0.4) is 0 Å². The molecule has 1 amide bonds. The van der Waals surface area contributed by atoms with E-state index in [2.05, 4.69) is 9.88 Å². The largest absolute Gasteiger partial charge is 0.457 e. The highest BCUT2D eigenvalue weighted by atomic mass is 32.1. The summed E-state index contributed by atoms with van der Waals surface area (Å²) in [6, 6.07) is 4.14. The van der Waals surface area contributed by atoms with Crippen molar-refractivity contribution in [1.29, 1.82) is 0 Å². The second-order valence-corrected chi connectivity index (χ2v) is 7.62. The first kappa shape index (κ1) is 19.4. The number of hydrogen-bond donors (Lipinski definition) is 1. The quantitative estimate of drug-likeness (QED) is 0.406. The number of esters is 1. The van der Waals surface area contributed by atoms with E-state index in [9.17, 15) is 14.4 Å². The predicted octanol–water partition coefficient (Wildman–Crippen LogP) is 3.44. The summed E-state index contributed by atoms with van der Waals surface area (Å²) in [5, 5.41) is 6.37. The highest BCUT2D eigenvalue weighted by Crippen LogP contribution is 2.38. The number of carbonyl (C=O) groups is 3. The van der Waals surface area contributed by atoms with E-state index in [4.69, 9.17) is 4.74 Å². The summed E-state index contributed by atoms with van der Waals surface area (Å²) < 4.78 is 7.31. The molecule has 0 atom stereocenters. The summed E-state index contributed by atoms with van der Waals surface area (Å²) in [6.07, 6.45) is 2.95. The summed E-state index contributed by atoms with van der Waals surface area (Å²) in [5.41, 5.74) is 3.28. The molecule has 0 aromatic carbocycles. The average molecular weight is 388 g/mol. The van der Waals surface area contributed by atoms with Gasteiger partial charge in [0.2, 0.25) is 5.78 Å². The number of rotatable bonds is 9. The molecule has 2 aromatic rings. The van der Waals surface area contributed by atoms with E-state index < -0.39 is 5.97 Å². The molecule has 0 radical (unpaired) electrons. The topological polar surface area (TPSA) is 77.4 Å². The molecule has 6 nitrogen and oxygen atoms in total. The highest BCUT2D eigenvalue weighted by molar-refractivity contribution is 7.08. The van der Waals surface area contributed by atoms with E-state index in [1.165, 1.54) is 11.3 Å². The van der Waals surface area contributed by atoms with E-state index >= 15 is 0 Å². The van der Waals surface area contributed by atoms with Gasteiger partial charge in [-0.05, 0) is 50.6 Å². The minimum Gasteiger partial charge on any atom is -0.457 e. The lowest BCUT2D eigenvalue weighted by Gasteiger charge is -2.08. The van der Waals surface area contributed by atoms with Gasteiger partial charge in [-0.25, -0.2) is 0 Å². The first-order chi connectivity index (χ1) is 13.0. The maximum atomic E-state index is 12.4. The van der Waals surface area contributed by atoms with Crippen LogP contribution in [0.2, 0.25) is 0 Å². The number of amides is 1. The van der Waals surface area contributed by atoms with Crippen molar-refractivity contribution in [2.75, 3.05) is 13.2 Å². The van der Waals surface area contributed by atoms with E-state index in [1.807, 2.05) is 25.3 Å². The van der Waals surface area contributed by atoms with Crippen LogP contribution in [-0.4, -0.2) is 35.4 Å². The van der Waals surface area contributed by atoms with Crippen molar-refractivity contribution in [2.45, 2.75) is 45.6 Å². The van der Waals surface area contributed by atoms with Crippen molar-refractivity contribution >= 4 is 29.0 Å². The van der Waals surface area contributed by atoms with Gasteiger partial charge in [0.1, 0.15) is 0 Å². The second kappa shape index (κ2) is 8.52.